The third-order valence-electron chi connectivity index (χ3n) is 0.500. The molecule has 0 aliphatic rings. The van der Waals surface area contributed by atoms with Gasteiger partial charge < -0.3 is 20.2 Å². The predicted molar refractivity (Wildman–Crippen MR) is 42.4 cm³/mol. The Morgan fingerprint density at radius 3 is 1.27 bits per heavy atom. The predicted octanol–water partition coefficient (Wildman–Crippen LogP) is 1.14. The fourth-order valence-corrected chi connectivity index (χ4v) is 0.750. The Bertz CT molecular complexity index is 47.6. The van der Waals surface area contributed by atoms with Crippen molar-refractivity contribution in [1.82, 2.24) is 0 Å². The standard InChI is InChI=1S/C3H9O3Si.C3H7.Mo/c1-4-7(5-2)6-3;1-3-2;/h1-3H3;1,3H2,2H3;/q;-1;. The zero-order valence-electron chi connectivity index (χ0n) is 7.55. The maximum absolute atomic E-state index is 4.71. The Labute approximate surface area is 85.6 Å². The van der Waals surface area contributed by atoms with Gasteiger partial charge in [0.1, 0.15) is 0 Å². The van der Waals surface area contributed by atoms with Crippen LogP contribution in [0.4, 0.5) is 0 Å². The minimum atomic E-state index is -1.36. The smallest absolute Gasteiger partial charge is 0.375 e. The molecule has 0 amide bonds. The van der Waals surface area contributed by atoms with Gasteiger partial charge in [-0.15, -0.1) is 0 Å². The van der Waals surface area contributed by atoms with Crippen molar-refractivity contribution >= 4 is 9.53 Å². The fraction of sp³-hybridized carbons (Fsp3) is 0.833. The van der Waals surface area contributed by atoms with Crippen molar-refractivity contribution in [2.45, 2.75) is 13.3 Å². The Balaban J connectivity index is -0.000000140. The van der Waals surface area contributed by atoms with E-state index in [-0.39, 0.29) is 21.1 Å². The van der Waals surface area contributed by atoms with Crippen LogP contribution in [0.25, 0.3) is 0 Å². The zero-order valence-corrected chi connectivity index (χ0v) is 10.6. The summed E-state index contributed by atoms with van der Waals surface area (Å²) in [6.07, 6.45) is 1.00. The van der Waals surface area contributed by atoms with Crippen LogP contribution in [0.5, 0.6) is 0 Å². The van der Waals surface area contributed by atoms with E-state index in [0.29, 0.717) is 0 Å². The molecular formula is C6H16MoO3Si-. The summed E-state index contributed by atoms with van der Waals surface area (Å²) < 4.78 is 14.1. The minimum absolute atomic E-state index is 0. The van der Waals surface area contributed by atoms with E-state index in [9.17, 15) is 0 Å². The summed E-state index contributed by atoms with van der Waals surface area (Å²) in [5.74, 6) is 0. The van der Waals surface area contributed by atoms with Crippen molar-refractivity contribution in [3.05, 3.63) is 6.92 Å². The molecule has 0 N–H and O–H groups in total. The second kappa shape index (κ2) is 17.0. The van der Waals surface area contributed by atoms with Gasteiger partial charge in [-0.05, 0) is 0 Å². The maximum Gasteiger partial charge on any atom is 0.576 e. The molecule has 1 radical (unpaired) electrons. The molecule has 3 nitrogen and oxygen atoms in total. The molecule has 0 aromatic carbocycles. The average molecular weight is 260 g/mol. The quantitative estimate of drug-likeness (QED) is 0.562. The first-order valence-electron chi connectivity index (χ1n) is 3.04. The van der Waals surface area contributed by atoms with Crippen LogP contribution >= 0.6 is 0 Å². The van der Waals surface area contributed by atoms with Crippen LogP contribution in [0.3, 0.4) is 0 Å². The fourth-order valence-electron chi connectivity index (χ4n) is 0.250. The monoisotopic (exact) mass is 262 g/mol. The van der Waals surface area contributed by atoms with Crippen LogP contribution in [0.1, 0.15) is 13.3 Å². The Hall–Kier alpha value is 0.785. The van der Waals surface area contributed by atoms with Crippen LogP contribution in [-0.4, -0.2) is 30.9 Å². The van der Waals surface area contributed by atoms with Crippen LogP contribution < -0.4 is 0 Å². The number of rotatable bonds is 3. The SMILES string of the molecule is CO[Si](OC)OC.[CH2-]CC.[Mo]. The van der Waals surface area contributed by atoms with Crippen LogP contribution in [0.15, 0.2) is 0 Å². The molecule has 0 aliphatic carbocycles. The van der Waals surface area contributed by atoms with E-state index in [0.717, 1.165) is 6.42 Å². The van der Waals surface area contributed by atoms with E-state index < -0.39 is 9.53 Å². The van der Waals surface area contributed by atoms with Crippen molar-refractivity contribution in [3.63, 3.8) is 0 Å². The Morgan fingerprint density at radius 2 is 1.27 bits per heavy atom. The van der Waals surface area contributed by atoms with Gasteiger partial charge >= 0.3 is 9.53 Å². The normalized spacial score (nSPS) is 8.18. The topological polar surface area (TPSA) is 27.7 Å². The van der Waals surface area contributed by atoms with Gasteiger partial charge in [-0.2, -0.15) is 6.42 Å². The largest absolute Gasteiger partial charge is 0.576 e. The Morgan fingerprint density at radius 1 is 1.09 bits per heavy atom. The van der Waals surface area contributed by atoms with Crippen molar-refractivity contribution < 1.29 is 34.3 Å². The maximum atomic E-state index is 4.71. The van der Waals surface area contributed by atoms with Gasteiger partial charge in [-0.3, -0.25) is 0 Å². The van der Waals surface area contributed by atoms with Crippen LogP contribution in [0.2, 0.25) is 0 Å². The molecule has 0 spiro atoms. The molecule has 69 valence electrons. The molecule has 0 aliphatic heterocycles. The van der Waals surface area contributed by atoms with Gasteiger partial charge in [-0.1, -0.05) is 6.92 Å². The second-order valence-electron chi connectivity index (χ2n) is 1.36. The molecule has 0 atom stereocenters. The summed E-state index contributed by atoms with van der Waals surface area (Å²) in [5.41, 5.74) is 0. The van der Waals surface area contributed by atoms with Crippen LogP contribution in [-0.2, 0) is 34.3 Å². The molecule has 0 saturated heterocycles. The van der Waals surface area contributed by atoms with Crippen molar-refractivity contribution in [2.75, 3.05) is 21.3 Å². The van der Waals surface area contributed by atoms with Crippen molar-refractivity contribution in [3.8, 4) is 0 Å². The van der Waals surface area contributed by atoms with Crippen molar-refractivity contribution in [1.29, 1.82) is 0 Å². The third kappa shape index (κ3) is 18.1. The first kappa shape index (κ1) is 17.8. The summed E-state index contributed by atoms with van der Waals surface area (Å²) >= 11 is 0. The molecule has 5 heteroatoms. The summed E-state index contributed by atoms with van der Waals surface area (Å²) in [4.78, 5) is 0. The molecule has 0 heterocycles. The van der Waals surface area contributed by atoms with E-state index >= 15 is 0 Å². The number of hydrogen-bond acceptors (Lipinski definition) is 3. The molecular weight excluding hydrogens is 244 g/mol. The van der Waals surface area contributed by atoms with Gasteiger partial charge in [0, 0.05) is 42.4 Å². The van der Waals surface area contributed by atoms with Gasteiger partial charge in [0.15, 0.2) is 0 Å². The summed E-state index contributed by atoms with van der Waals surface area (Å²) in [6, 6.07) is 0. The molecule has 11 heavy (non-hydrogen) atoms. The molecule has 0 unspecified atom stereocenters. The van der Waals surface area contributed by atoms with E-state index in [1.807, 2.05) is 6.92 Å². The molecule has 0 bridgehead atoms. The Kier molecular flexibility index (Phi) is 27.5. The van der Waals surface area contributed by atoms with Gasteiger partial charge in [0.05, 0.1) is 0 Å². The summed E-state index contributed by atoms with van der Waals surface area (Å²) in [5, 5.41) is 0. The average Bonchev–Trinajstić information content (AvgIpc) is 1.93. The minimum Gasteiger partial charge on any atom is -0.375 e. The summed E-state index contributed by atoms with van der Waals surface area (Å²) in [7, 11) is 3.31. The first-order chi connectivity index (χ1) is 4.76. The van der Waals surface area contributed by atoms with Gasteiger partial charge in [0.25, 0.3) is 0 Å². The summed E-state index contributed by atoms with van der Waals surface area (Å²) in [6.45, 7) is 5.50. The zero-order chi connectivity index (χ0) is 8.41. The van der Waals surface area contributed by atoms with Crippen LogP contribution in [0, 0.1) is 6.92 Å². The van der Waals surface area contributed by atoms with Gasteiger partial charge in [-0.25, -0.2) is 0 Å². The van der Waals surface area contributed by atoms with E-state index in [4.69, 9.17) is 13.3 Å². The van der Waals surface area contributed by atoms with Crippen molar-refractivity contribution in [2.24, 2.45) is 0 Å². The van der Waals surface area contributed by atoms with E-state index in [1.54, 1.807) is 21.3 Å². The first-order valence-corrected chi connectivity index (χ1v) is 4.27. The molecule has 0 aromatic rings. The van der Waals surface area contributed by atoms with E-state index in [2.05, 4.69) is 6.92 Å². The molecule has 0 aromatic heterocycles. The molecule has 0 fully saturated rings. The third-order valence-corrected chi connectivity index (χ3v) is 1.50. The number of hydrogen-bond donors (Lipinski definition) is 0. The van der Waals surface area contributed by atoms with E-state index in [1.165, 1.54) is 0 Å². The molecule has 0 saturated carbocycles. The molecule has 0 rings (SSSR count). The second-order valence-corrected chi connectivity index (χ2v) is 3.09. The van der Waals surface area contributed by atoms with Gasteiger partial charge in [0.2, 0.25) is 0 Å².